The van der Waals surface area contributed by atoms with E-state index in [0.29, 0.717) is 6.04 Å². The van der Waals surface area contributed by atoms with Crippen molar-refractivity contribution >= 4 is 11.3 Å². The fraction of sp³-hybridized carbons (Fsp3) is 0.800. The molecule has 1 rings (SSSR count). The van der Waals surface area contributed by atoms with Crippen molar-refractivity contribution in [1.82, 2.24) is 10.3 Å². The van der Waals surface area contributed by atoms with Gasteiger partial charge in [0.1, 0.15) is 0 Å². The Morgan fingerprint density at radius 3 is 2.44 bits per heavy atom. The van der Waals surface area contributed by atoms with Crippen LogP contribution in [0.15, 0.2) is 0 Å². The van der Waals surface area contributed by atoms with Crippen LogP contribution in [0, 0.1) is 5.92 Å². The van der Waals surface area contributed by atoms with Gasteiger partial charge in [-0.05, 0) is 25.2 Å². The smallest absolute Gasteiger partial charge is 0.0931 e. The zero-order valence-corrected chi connectivity index (χ0v) is 13.4. The van der Waals surface area contributed by atoms with Gasteiger partial charge >= 0.3 is 0 Å². The van der Waals surface area contributed by atoms with Crippen molar-refractivity contribution in [3.8, 4) is 0 Å². The number of hydrogen-bond donors (Lipinski definition) is 1. The summed E-state index contributed by atoms with van der Waals surface area (Å²) in [5.74, 6) is 0.765. The molecule has 1 heterocycles. The molecule has 1 aromatic heterocycles. The zero-order chi connectivity index (χ0) is 13.5. The summed E-state index contributed by atoms with van der Waals surface area (Å²) in [6.45, 7) is 12.2. The highest BCUT2D eigenvalue weighted by Crippen LogP contribution is 2.22. The van der Waals surface area contributed by atoms with Crippen molar-refractivity contribution in [2.45, 2.75) is 72.9 Å². The molecular weight excluding hydrogens is 240 g/mol. The predicted octanol–water partition coefficient (Wildman–Crippen LogP) is 4.18. The minimum Gasteiger partial charge on any atom is -0.310 e. The minimum absolute atomic E-state index is 0.542. The van der Waals surface area contributed by atoms with Gasteiger partial charge < -0.3 is 5.32 Å². The Bertz CT molecular complexity index is 342. The minimum atomic E-state index is 0.542. The molecule has 0 atom stereocenters. The van der Waals surface area contributed by atoms with Gasteiger partial charge in [-0.2, -0.15) is 0 Å². The molecule has 0 saturated heterocycles. The number of nitrogens with zero attached hydrogens (tertiary/aromatic N) is 1. The first kappa shape index (κ1) is 15.6. The third-order valence-corrected chi connectivity index (χ3v) is 4.07. The van der Waals surface area contributed by atoms with E-state index in [1.54, 1.807) is 0 Å². The number of rotatable bonds is 8. The Morgan fingerprint density at radius 2 is 1.89 bits per heavy atom. The molecule has 104 valence electrons. The fourth-order valence-electron chi connectivity index (χ4n) is 1.82. The fourth-order valence-corrected chi connectivity index (χ4v) is 2.90. The molecule has 0 saturated carbocycles. The summed E-state index contributed by atoms with van der Waals surface area (Å²) in [5, 5.41) is 4.84. The number of hydrogen-bond acceptors (Lipinski definition) is 3. The van der Waals surface area contributed by atoms with Crippen LogP contribution in [0.3, 0.4) is 0 Å². The largest absolute Gasteiger partial charge is 0.310 e. The van der Waals surface area contributed by atoms with Crippen LogP contribution < -0.4 is 5.32 Å². The second-order valence-electron chi connectivity index (χ2n) is 5.70. The lowest BCUT2D eigenvalue weighted by molar-refractivity contribution is 0.584. The Hall–Kier alpha value is -0.410. The molecule has 3 heteroatoms. The summed E-state index contributed by atoms with van der Waals surface area (Å²) in [4.78, 5) is 6.28. The molecule has 0 bridgehead atoms. The molecular formula is C15H28N2S. The van der Waals surface area contributed by atoms with E-state index >= 15 is 0 Å². The number of aromatic nitrogens is 1. The van der Waals surface area contributed by atoms with Crippen LogP contribution in [0.2, 0.25) is 0 Å². The van der Waals surface area contributed by atoms with Gasteiger partial charge in [0, 0.05) is 17.5 Å². The van der Waals surface area contributed by atoms with E-state index < -0.39 is 0 Å². The first-order chi connectivity index (χ1) is 8.52. The summed E-state index contributed by atoms with van der Waals surface area (Å²) >= 11 is 1.91. The third kappa shape index (κ3) is 5.49. The number of thiazole rings is 1. The number of aryl methyl sites for hydroxylation is 2. The van der Waals surface area contributed by atoms with Gasteiger partial charge in [-0.1, -0.05) is 41.0 Å². The van der Waals surface area contributed by atoms with Crippen LogP contribution in [0.1, 0.15) is 63.0 Å². The molecule has 0 unspecified atom stereocenters. The SMILES string of the molecule is CCCc1nc(CCC(C)C)sc1CNC(C)C. The van der Waals surface area contributed by atoms with Gasteiger partial charge in [-0.25, -0.2) is 4.98 Å². The molecule has 0 radical (unpaired) electrons. The van der Waals surface area contributed by atoms with E-state index in [4.69, 9.17) is 4.98 Å². The molecule has 2 nitrogen and oxygen atoms in total. The quantitative estimate of drug-likeness (QED) is 0.765. The van der Waals surface area contributed by atoms with Gasteiger partial charge in [0.25, 0.3) is 0 Å². The van der Waals surface area contributed by atoms with Gasteiger partial charge in [-0.3, -0.25) is 0 Å². The maximum Gasteiger partial charge on any atom is 0.0931 e. The van der Waals surface area contributed by atoms with Crippen molar-refractivity contribution in [1.29, 1.82) is 0 Å². The van der Waals surface area contributed by atoms with Crippen LogP contribution >= 0.6 is 11.3 Å². The van der Waals surface area contributed by atoms with E-state index in [0.717, 1.165) is 25.3 Å². The molecule has 0 aromatic carbocycles. The summed E-state index contributed by atoms with van der Waals surface area (Å²) in [6.07, 6.45) is 4.69. The lowest BCUT2D eigenvalue weighted by atomic mass is 10.1. The van der Waals surface area contributed by atoms with Gasteiger partial charge in [0.15, 0.2) is 0 Å². The van der Waals surface area contributed by atoms with Gasteiger partial charge in [-0.15, -0.1) is 11.3 Å². The van der Waals surface area contributed by atoms with Crippen molar-refractivity contribution in [2.24, 2.45) is 5.92 Å². The molecule has 0 fully saturated rings. The zero-order valence-electron chi connectivity index (χ0n) is 12.5. The molecule has 18 heavy (non-hydrogen) atoms. The lowest BCUT2D eigenvalue weighted by Crippen LogP contribution is -2.21. The van der Waals surface area contributed by atoms with Crippen LogP contribution in [0.25, 0.3) is 0 Å². The highest BCUT2D eigenvalue weighted by molar-refractivity contribution is 7.11. The van der Waals surface area contributed by atoms with Crippen molar-refractivity contribution in [2.75, 3.05) is 0 Å². The Morgan fingerprint density at radius 1 is 1.17 bits per heavy atom. The average molecular weight is 268 g/mol. The maximum absolute atomic E-state index is 4.83. The first-order valence-electron chi connectivity index (χ1n) is 7.23. The monoisotopic (exact) mass is 268 g/mol. The topological polar surface area (TPSA) is 24.9 Å². The Kier molecular flexibility index (Phi) is 6.87. The molecule has 0 amide bonds. The van der Waals surface area contributed by atoms with Gasteiger partial charge in [0.2, 0.25) is 0 Å². The molecule has 0 aliphatic rings. The molecule has 0 aliphatic heterocycles. The maximum atomic E-state index is 4.83. The van der Waals surface area contributed by atoms with E-state index in [1.165, 1.54) is 28.4 Å². The Balaban J connectivity index is 2.66. The summed E-state index contributed by atoms with van der Waals surface area (Å²) in [5.41, 5.74) is 1.33. The van der Waals surface area contributed by atoms with Crippen LogP contribution in [0.4, 0.5) is 0 Å². The van der Waals surface area contributed by atoms with E-state index in [1.807, 2.05) is 11.3 Å². The molecule has 1 N–H and O–H groups in total. The van der Waals surface area contributed by atoms with Crippen LogP contribution in [0.5, 0.6) is 0 Å². The first-order valence-corrected chi connectivity index (χ1v) is 8.05. The summed E-state index contributed by atoms with van der Waals surface area (Å²) in [6, 6.07) is 0.542. The number of nitrogens with one attached hydrogen (secondary N) is 1. The standard InChI is InChI=1S/C15H28N2S/c1-6-7-13-14(10-16-12(4)5)18-15(17-13)9-8-11(2)3/h11-12,16H,6-10H2,1-5H3. The van der Waals surface area contributed by atoms with E-state index in [2.05, 4.69) is 39.9 Å². The Labute approximate surface area is 116 Å². The lowest BCUT2D eigenvalue weighted by Gasteiger charge is -2.07. The molecule has 0 aliphatic carbocycles. The highest BCUT2D eigenvalue weighted by atomic mass is 32.1. The normalized spacial score (nSPS) is 11.7. The van der Waals surface area contributed by atoms with E-state index in [-0.39, 0.29) is 0 Å². The van der Waals surface area contributed by atoms with Crippen LogP contribution in [-0.4, -0.2) is 11.0 Å². The van der Waals surface area contributed by atoms with Crippen molar-refractivity contribution < 1.29 is 0 Å². The summed E-state index contributed by atoms with van der Waals surface area (Å²) in [7, 11) is 0. The van der Waals surface area contributed by atoms with Crippen molar-refractivity contribution in [3.05, 3.63) is 15.6 Å². The predicted molar refractivity (Wildman–Crippen MR) is 81.2 cm³/mol. The molecule has 1 aromatic rings. The van der Waals surface area contributed by atoms with E-state index in [9.17, 15) is 0 Å². The van der Waals surface area contributed by atoms with Gasteiger partial charge in [0.05, 0.1) is 10.7 Å². The van der Waals surface area contributed by atoms with Crippen LogP contribution in [-0.2, 0) is 19.4 Å². The highest BCUT2D eigenvalue weighted by Gasteiger charge is 2.11. The molecule has 0 spiro atoms. The second kappa shape index (κ2) is 7.90. The average Bonchev–Trinajstić information content (AvgIpc) is 2.67. The summed E-state index contributed by atoms with van der Waals surface area (Å²) < 4.78 is 0. The third-order valence-electron chi connectivity index (χ3n) is 2.92. The second-order valence-corrected chi connectivity index (χ2v) is 6.86. The van der Waals surface area contributed by atoms with Crippen molar-refractivity contribution in [3.63, 3.8) is 0 Å².